The Kier molecular flexibility index (Phi) is 6.97. The molecule has 3 rings (SSSR count). The van der Waals surface area contributed by atoms with Gasteiger partial charge >= 0.3 is 0 Å². The van der Waals surface area contributed by atoms with Gasteiger partial charge in [-0.15, -0.1) is 0 Å². The van der Waals surface area contributed by atoms with Crippen LogP contribution in [-0.4, -0.2) is 59.2 Å². The molecule has 0 atom stereocenters. The van der Waals surface area contributed by atoms with Gasteiger partial charge in [0.15, 0.2) is 0 Å². The van der Waals surface area contributed by atoms with Gasteiger partial charge in [-0.1, -0.05) is 6.07 Å². The smallest absolute Gasteiger partial charge is 0.247 e. The van der Waals surface area contributed by atoms with Gasteiger partial charge in [0.2, 0.25) is 5.96 Å². The van der Waals surface area contributed by atoms with Crippen molar-refractivity contribution < 1.29 is 9.84 Å². The molecule has 0 unspecified atom stereocenters. The third-order valence-corrected chi connectivity index (χ3v) is 4.40. The molecular weight excluding hydrogens is 382 g/mol. The minimum absolute atomic E-state index is 0.0105. The first-order chi connectivity index (χ1) is 14.6. The SMILES string of the molecule is CC(C)N=C(N=CN)n1cc2c(n1)-c1ccc(C(C=NCCO)=CN)cc1OCC2. The number of aliphatic imine (C=N–C) groups is 3. The second-order valence-electron chi connectivity index (χ2n) is 6.94. The Hall–Kier alpha value is -3.46. The van der Waals surface area contributed by atoms with Gasteiger partial charge in [0.25, 0.3) is 0 Å². The molecular formula is C21H27N7O2. The molecule has 1 aliphatic heterocycles. The Labute approximate surface area is 175 Å². The lowest BCUT2D eigenvalue weighted by Crippen LogP contribution is -2.14. The average molecular weight is 409 g/mol. The Balaban J connectivity index is 2.01. The summed E-state index contributed by atoms with van der Waals surface area (Å²) in [4.78, 5) is 12.8. The monoisotopic (exact) mass is 409 g/mol. The van der Waals surface area contributed by atoms with E-state index in [0.29, 0.717) is 25.5 Å². The fourth-order valence-electron chi connectivity index (χ4n) is 3.09. The third-order valence-electron chi connectivity index (χ3n) is 4.40. The molecule has 1 aliphatic rings. The molecule has 2 heterocycles. The number of benzene rings is 1. The highest BCUT2D eigenvalue weighted by atomic mass is 16.5. The molecule has 2 aromatic rings. The lowest BCUT2D eigenvalue weighted by molar-refractivity contribution is 0.307. The Morgan fingerprint density at radius 1 is 1.37 bits per heavy atom. The molecule has 0 saturated carbocycles. The molecule has 9 heteroatoms. The third kappa shape index (κ3) is 4.74. The van der Waals surface area contributed by atoms with Gasteiger partial charge in [0.1, 0.15) is 5.75 Å². The van der Waals surface area contributed by atoms with Crippen molar-refractivity contribution in [2.24, 2.45) is 26.4 Å². The molecule has 5 N–H and O–H groups in total. The second kappa shape index (κ2) is 9.84. The predicted molar refractivity (Wildman–Crippen MR) is 120 cm³/mol. The highest BCUT2D eigenvalue weighted by Crippen LogP contribution is 2.36. The number of aromatic nitrogens is 2. The number of aliphatic hydroxyl groups excluding tert-OH is 1. The lowest BCUT2D eigenvalue weighted by atomic mass is 10.0. The van der Waals surface area contributed by atoms with Crippen LogP contribution < -0.4 is 16.2 Å². The molecule has 0 radical (unpaired) electrons. The number of allylic oxidation sites excluding steroid dienone is 1. The van der Waals surface area contributed by atoms with Crippen molar-refractivity contribution in [1.29, 1.82) is 0 Å². The van der Waals surface area contributed by atoms with E-state index in [-0.39, 0.29) is 12.6 Å². The minimum Gasteiger partial charge on any atom is -0.493 e. The topological polar surface area (TPSA) is 136 Å². The summed E-state index contributed by atoms with van der Waals surface area (Å²) < 4.78 is 7.64. The van der Waals surface area contributed by atoms with Gasteiger partial charge in [-0.3, -0.25) is 4.99 Å². The van der Waals surface area contributed by atoms with E-state index in [4.69, 9.17) is 26.4 Å². The van der Waals surface area contributed by atoms with Crippen LogP contribution in [0.15, 0.2) is 45.6 Å². The zero-order valence-corrected chi connectivity index (χ0v) is 17.2. The van der Waals surface area contributed by atoms with Crippen LogP contribution in [0.25, 0.3) is 16.8 Å². The van der Waals surface area contributed by atoms with E-state index in [1.165, 1.54) is 12.5 Å². The molecule has 0 fully saturated rings. The average Bonchev–Trinajstić information content (AvgIpc) is 3.07. The van der Waals surface area contributed by atoms with E-state index in [9.17, 15) is 0 Å². The summed E-state index contributed by atoms with van der Waals surface area (Å²) in [5, 5.41) is 13.6. The van der Waals surface area contributed by atoms with Crippen molar-refractivity contribution in [2.75, 3.05) is 19.8 Å². The number of fused-ring (bicyclic) bond motifs is 3. The second-order valence-corrected chi connectivity index (χ2v) is 6.94. The number of hydrogen-bond donors (Lipinski definition) is 3. The molecule has 0 amide bonds. The number of nitrogens with two attached hydrogens (primary N) is 2. The molecule has 158 valence electrons. The Morgan fingerprint density at radius 3 is 2.90 bits per heavy atom. The van der Waals surface area contributed by atoms with E-state index >= 15 is 0 Å². The summed E-state index contributed by atoms with van der Waals surface area (Å²) >= 11 is 0. The van der Waals surface area contributed by atoms with Crippen molar-refractivity contribution in [3.63, 3.8) is 0 Å². The van der Waals surface area contributed by atoms with Crippen LogP contribution in [-0.2, 0) is 6.42 Å². The highest BCUT2D eigenvalue weighted by Gasteiger charge is 2.21. The summed E-state index contributed by atoms with van der Waals surface area (Å²) in [6.07, 6.45) is 6.98. The standard InChI is InChI=1S/C21H27N7O2/c1-14(2)26-21(25-13-23)28-12-16-5-8-30-19-9-15(3-4-18(19)20(16)27-28)17(10-22)11-24-6-7-29/h3-4,9-14,29H,5-8,22H2,1-2H3,(H2,23,25,26). The largest absolute Gasteiger partial charge is 0.493 e. The van der Waals surface area contributed by atoms with Crippen LogP contribution in [0.3, 0.4) is 0 Å². The molecule has 1 aromatic heterocycles. The maximum absolute atomic E-state index is 8.91. The molecule has 0 aliphatic carbocycles. The minimum atomic E-state index is -0.0105. The van der Waals surface area contributed by atoms with Gasteiger partial charge in [-0.2, -0.15) is 5.10 Å². The van der Waals surface area contributed by atoms with Gasteiger partial charge in [0, 0.05) is 47.8 Å². The van der Waals surface area contributed by atoms with E-state index in [1.807, 2.05) is 38.2 Å². The Morgan fingerprint density at radius 2 is 2.20 bits per heavy atom. The van der Waals surface area contributed by atoms with Gasteiger partial charge in [0.05, 0.1) is 31.8 Å². The zero-order valence-electron chi connectivity index (χ0n) is 17.2. The van der Waals surface area contributed by atoms with Crippen molar-refractivity contribution in [3.05, 3.63) is 41.7 Å². The van der Waals surface area contributed by atoms with E-state index in [0.717, 1.165) is 33.7 Å². The maximum Gasteiger partial charge on any atom is 0.247 e. The number of hydrogen-bond acceptors (Lipinski definition) is 6. The summed E-state index contributed by atoms with van der Waals surface area (Å²) in [6, 6.07) is 5.89. The fraction of sp³-hybridized carbons (Fsp3) is 0.333. The van der Waals surface area contributed by atoms with Crippen molar-refractivity contribution in [3.8, 4) is 17.0 Å². The number of rotatable bonds is 5. The van der Waals surface area contributed by atoms with Crippen molar-refractivity contribution in [2.45, 2.75) is 26.3 Å². The first-order valence-electron chi connectivity index (χ1n) is 9.78. The van der Waals surface area contributed by atoms with Gasteiger partial charge in [-0.25, -0.2) is 14.7 Å². The van der Waals surface area contributed by atoms with Crippen molar-refractivity contribution >= 4 is 24.1 Å². The zero-order chi connectivity index (χ0) is 21.5. The molecule has 1 aromatic carbocycles. The van der Waals surface area contributed by atoms with Crippen LogP contribution >= 0.6 is 0 Å². The van der Waals surface area contributed by atoms with Crippen LogP contribution in [0.1, 0.15) is 25.0 Å². The molecule has 9 nitrogen and oxygen atoms in total. The van der Waals surface area contributed by atoms with Crippen molar-refractivity contribution in [1.82, 2.24) is 9.78 Å². The predicted octanol–water partition coefficient (Wildman–Crippen LogP) is 1.45. The summed E-state index contributed by atoms with van der Waals surface area (Å²) in [5.41, 5.74) is 15.6. The van der Waals surface area contributed by atoms with E-state index in [1.54, 1.807) is 10.9 Å². The van der Waals surface area contributed by atoms with Crippen LogP contribution in [0.2, 0.25) is 0 Å². The summed E-state index contributed by atoms with van der Waals surface area (Å²) in [6.45, 7) is 4.77. The molecule has 0 saturated heterocycles. The van der Waals surface area contributed by atoms with Gasteiger partial charge in [-0.05, 0) is 31.5 Å². The Bertz CT molecular complexity index is 1000. The first-order valence-corrected chi connectivity index (χ1v) is 9.78. The molecule has 0 bridgehead atoms. The lowest BCUT2D eigenvalue weighted by Gasteiger charge is -2.10. The van der Waals surface area contributed by atoms with Crippen LogP contribution in [0.5, 0.6) is 5.75 Å². The van der Waals surface area contributed by atoms with E-state index < -0.39 is 0 Å². The normalized spacial score (nSPS) is 14.8. The summed E-state index contributed by atoms with van der Waals surface area (Å²) in [7, 11) is 0. The van der Waals surface area contributed by atoms with Crippen LogP contribution in [0.4, 0.5) is 0 Å². The quantitative estimate of drug-likeness (QED) is 0.507. The van der Waals surface area contributed by atoms with E-state index in [2.05, 4.69) is 15.0 Å². The molecule has 30 heavy (non-hydrogen) atoms. The molecule has 0 spiro atoms. The highest BCUT2D eigenvalue weighted by molar-refractivity contribution is 6.10. The number of aliphatic hydroxyl groups is 1. The fourth-order valence-corrected chi connectivity index (χ4v) is 3.09. The number of nitrogens with zero attached hydrogens (tertiary/aromatic N) is 5. The van der Waals surface area contributed by atoms with Crippen LogP contribution in [0, 0.1) is 0 Å². The first kappa shape index (κ1) is 21.3. The van der Waals surface area contributed by atoms with Gasteiger partial charge < -0.3 is 21.3 Å². The summed E-state index contributed by atoms with van der Waals surface area (Å²) in [5.74, 6) is 1.16. The maximum atomic E-state index is 8.91. The number of ether oxygens (including phenoxy) is 1.